The lowest BCUT2D eigenvalue weighted by Gasteiger charge is -2.27. The van der Waals surface area contributed by atoms with Crippen LogP contribution in [0, 0.1) is 0 Å². The molecule has 0 radical (unpaired) electrons. The van der Waals surface area contributed by atoms with E-state index in [0.717, 1.165) is 61.7 Å². The van der Waals surface area contributed by atoms with Gasteiger partial charge in [-0.1, -0.05) is 42.5 Å². The van der Waals surface area contributed by atoms with Gasteiger partial charge in [-0.3, -0.25) is 10.1 Å². The van der Waals surface area contributed by atoms with E-state index in [1.807, 2.05) is 41.2 Å². The fraction of sp³-hybridized carbons (Fsp3) is 0.261. The molecular weight excluding hydrogens is 374 g/mol. The lowest BCUT2D eigenvalue weighted by molar-refractivity contribution is 0.244. The largest absolute Gasteiger partial charge is 0.314 e. The first-order chi connectivity index (χ1) is 14.8. The van der Waals surface area contributed by atoms with E-state index in [1.54, 1.807) is 6.33 Å². The Hall–Kier alpha value is -3.29. The minimum Gasteiger partial charge on any atom is -0.314 e. The maximum Gasteiger partial charge on any atom is 0.187 e. The molecule has 0 amide bonds. The molecule has 30 heavy (non-hydrogen) atoms. The molecule has 0 atom stereocenters. The molecule has 0 aromatic heterocycles. The Balaban J connectivity index is 1.28. The quantitative estimate of drug-likeness (QED) is 0.520. The summed E-state index contributed by atoms with van der Waals surface area (Å²) in [6.07, 6.45) is 4.79. The smallest absolute Gasteiger partial charge is 0.187 e. The molecule has 152 valence electrons. The number of hydrogen-bond acceptors (Lipinski definition) is 6. The van der Waals surface area contributed by atoms with Gasteiger partial charge in [0.25, 0.3) is 0 Å². The van der Waals surface area contributed by atoms with Crippen molar-refractivity contribution in [3.8, 4) is 22.6 Å². The highest BCUT2D eigenvalue weighted by molar-refractivity contribution is 5.77. The molecule has 5 rings (SSSR count). The number of hydrogen-bond donors (Lipinski definition) is 2. The van der Waals surface area contributed by atoms with Crippen molar-refractivity contribution in [3.05, 3.63) is 72.7 Å². The SMILES string of the molecule is c1ccc(-c2nnc3ncn(Nc4ccc(CCN5CCNCC5)cc4)cc2-3)cc1. The van der Waals surface area contributed by atoms with Crippen molar-refractivity contribution < 1.29 is 0 Å². The topological polar surface area (TPSA) is 70.9 Å². The second-order valence-electron chi connectivity index (χ2n) is 7.58. The Labute approximate surface area is 176 Å². The number of anilines is 1. The van der Waals surface area contributed by atoms with Crippen molar-refractivity contribution in [1.82, 2.24) is 30.1 Å². The van der Waals surface area contributed by atoms with Crippen molar-refractivity contribution in [3.63, 3.8) is 0 Å². The predicted molar refractivity (Wildman–Crippen MR) is 118 cm³/mol. The molecule has 2 aromatic carbocycles. The fourth-order valence-corrected chi connectivity index (χ4v) is 3.80. The second kappa shape index (κ2) is 8.61. The third-order valence-electron chi connectivity index (χ3n) is 5.50. The molecule has 1 saturated heterocycles. The molecule has 0 bridgehead atoms. The Morgan fingerprint density at radius 3 is 2.53 bits per heavy atom. The summed E-state index contributed by atoms with van der Waals surface area (Å²) in [4.78, 5) is 6.96. The van der Waals surface area contributed by atoms with Crippen molar-refractivity contribution in [1.29, 1.82) is 0 Å². The zero-order valence-electron chi connectivity index (χ0n) is 16.8. The van der Waals surface area contributed by atoms with E-state index in [4.69, 9.17) is 0 Å². The molecule has 0 unspecified atom stereocenters. The monoisotopic (exact) mass is 399 g/mol. The molecule has 7 nitrogen and oxygen atoms in total. The van der Waals surface area contributed by atoms with Crippen LogP contribution in [-0.4, -0.2) is 57.5 Å². The van der Waals surface area contributed by atoms with Crippen molar-refractivity contribution in [2.45, 2.75) is 6.42 Å². The minimum atomic E-state index is 0.648. The van der Waals surface area contributed by atoms with E-state index in [1.165, 1.54) is 5.56 Å². The van der Waals surface area contributed by atoms with Gasteiger partial charge in [0.05, 0.1) is 11.3 Å². The summed E-state index contributed by atoms with van der Waals surface area (Å²) in [5.74, 6) is 0.648. The third kappa shape index (κ3) is 4.17. The molecule has 3 aliphatic heterocycles. The zero-order valence-corrected chi connectivity index (χ0v) is 16.8. The van der Waals surface area contributed by atoms with Gasteiger partial charge in [0.2, 0.25) is 0 Å². The summed E-state index contributed by atoms with van der Waals surface area (Å²) in [6, 6.07) is 18.7. The first-order valence-corrected chi connectivity index (χ1v) is 10.4. The van der Waals surface area contributed by atoms with Gasteiger partial charge < -0.3 is 10.2 Å². The summed E-state index contributed by atoms with van der Waals surface area (Å²) >= 11 is 0. The average molecular weight is 400 g/mol. The van der Waals surface area contributed by atoms with Crippen molar-refractivity contribution in [2.24, 2.45) is 0 Å². The third-order valence-corrected chi connectivity index (χ3v) is 5.50. The normalized spacial score (nSPS) is 14.8. The van der Waals surface area contributed by atoms with E-state index >= 15 is 0 Å². The molecule has 0 saturated carbocycles. The lowest BCUT2D eigenvalue weighted by Crippen LogP contribution is -2.44. The molecular formula is C23H25N7. The van der Waals surface area contributed by atoms with Crippen LogP contribution < -0.4 is 10.7 Å². The molecule has 0 spiro atoms. The number of nitrogens with one attached hydrogen (secondary N) is 2. The van der Waals surface area contributed by atoms with E-state index in [9.17, 15) is 0 Å². The summed E-state index contributed by atoms with van der Waals surface area (Å²) in [5.41, 5.74) is 8.55. The maximum atomic E-state index is 4.44. The zero-order chi connectivity index (χ0) is 20.2. The van der Waals surface area contributed by atoms with E-state index < -0.39 is 0 Å². The highest BCUT2D eigenvalue weighted by atomic mass is 15.4. The summed E-state index contributed by atoms with van der Waals surface area (Å²) < 4.78 is 1.86. The molecule has 0 aliphatic carbocycles. The standard InChI is InChI=1S/C23H25N7/c1-2-4-19(5-3-1)22-21-16-30(17-25-23(21)27-26-22)28-20-8-6-18(7-9-20)10-13-29-14-11-24-12-15-29/h1-9,16-17,24,28H,10-15H2. The van der Waals surface area contributed by atoms with Gasteiger partial charge in [-0.15, -0.1) is 10.2 Å². The van der Waals surface area contributed by atoms with Crippen LogP contribution in [-0.2, 0) is 6.42 Å². The van der Waals surface area contributed by atoms with Crippen LogP contribution in [0.3, 0.4) is 0 Å². The Morgan fingerprint density at radius 2 is 1.73 bits per heavy atom. The van der Waals surface area contributed by atoms with Gasteiger partial charge in [-0.25, -0.2) is 4.98 Å². The molecule has 3 aliphatic rings. The van der Waals surface area contributed by atoms with Crippen LogP contribution in [0.2, 0.25) is 0 Å². The molecule has 2 aromatic rings. The van der Waals surface area contributed by atoms with Crippen LogP contribution >= 0.6 is 0 Å². The second-order valence-corrected chi connectivity index (χ2v) is 7.58. The number of fused-ring (bicyclic) bond motifs is 1. The number of piperazine rings is 1. The minimum absolute atomic E-state index is 0.648. The molecule has 1 fully saturated rings. The number of benzene rings is 2. The van der Waals surface area contributed by atoms with Gasteiger partial charge in [0, 0.05) is 44.5 Å². The van der Waals surface area contributed by atoms with Crippen LogP contribution in [0.15, 0.2) is 67.1 Å². The Morgan fingerprint density at radius 1 is 0.933 bits per heavy atom. The van der Waals surface area contributed by atoms with Gasteiger partial charge in [-0.05, 0) is 24.1 Å². The van der Waals surface area contributed by atoms with Crippen LogP contribution in [0.4, 0.5) is 5.69 Å². The average Bonchev–Trinajstić information content (AvgIpc) is 3.23. The summed E-state index contributed by atoms with van der Waals surface area (Å²) in [5, 5.41) is 11.9. The van der Waals surface area contributed by atoms with Crippen LogP contribution in [0.5, 0.6) is 0 Å². The van der Waals surface area contributed by atoms with Crippen molar-refractivity contribution in [2.75, 3.05) is 38.1 Å². The fourth-order valence-electron chi connectivity index (χ4n) is 3.80. The molecule has 3 heterocycles. The van der Waals surface area contributed by atoms with Gasteiger partial charge in [0.1, 0.15) is 12.0 Å². The first-order valence-electron chi connectivity index (χ1n) is 10.4. The Kier molecular flexibility index (Phi) is 5.37. The summed E-state index contributed by atoms with van der Waals surface area (Å²) in [7, 11) is 0. The van der Waals surface area contributed by atoms with E-state index in [0.29, 0.717) is 5.82 Å². The van der Waals surface area contributed by atoms with Gasteiger partial charge >= 0.3 is 0 Å². The van der Waals surface area contributed by atoms with Gasteiger partial charge in [0.15, 0.2) is 5.82 Å². The highest BCUT2D eigenvalue weighted by Gasteiger charge is 2.16. The first kappa shape index (κ1) is 18.7. The number of rotatable bonds is 6. The number of nitrogens with zero attached hydrogens (tertiary/aromatic N) is 5. The van der Waals surface area contributed by atoms with E-state index in [-0.39, 0.29) is 0 Å². The maximum absolute atomic E-state index is 4.44. The van der Waals surface area contributed by atoms with Crippen LogP contribution in [0.25, 0.3) is 22.6 Å². The predicted octanol–water partition coefficient (Wildman–Crippen LogP) is 2.77. The highest BCUT2D eigenvalue weighted by Crippen LogP contribution is 2.29. The number of aromatic nitrogens is 4. The van der Waals surface area contributed by atoms with Crippen molar-refractivity contribution >= 4 is 5.69 Å². The molecule has 2 N–H and O–H groups in total. The molecule has 7 heteroatoms. The summed E-state index contributed by atoms with van der Waals surface area (Å²) in [6.45, 7) is 5.59. The Bertz CT molecular complexity index is 1050. The van der Waals surface area contributed by atoms with E-state index in [2.05, 4.69) is 55.1 Å². The van der Waals surface area contributed by atoms with Gasteiger partial charge in [-0.2, -0.15) is 0 Å². The lowest BCUT2D eigenvalue weighted by atomic mass is 10.1. The van der Waals surface area contributed by atoms with Crippen LogP contribution in [0.1, 0.15) is 5.56 Å².